The molecule has 0 aliphatic rings. The first kappa shape index (κ1) is 16.1. The first-order valence-electron chi connectivity index (χ1n) is 9.20. The van der Waals surface area contributed by atoms with Crippen molar-refractivity contribution in [3.63, 3.8) is 0 Å². The summed E-state index contributed by atoms with van der Waals surface area (Å²) in [6, 6.07) is 18.7. The average molecular weight is 355 g/mol. The van der Waals surface area contributed by atoms with E-state index in [0.717, 1.165) is 44.5 Å². The molecule has 5 aromatic rings. The monoisotopic (exact) mass is 355 g/mol. The Morgan fingerprint density at radius 2 is 1.70 bits per heavy atom. The van der Waals surface area contributed by atoms with Gasteiger partial charge >= 0.3 is 0 Å². The van der Waals surface area contributed by atoms with Crippen molar-refractivity contribution in [1.82, 2.24) is 14.5 Å². The zero-order chi connectivity index (χ0) is 18.8. The molecule has 0 saturated heterocycles. The van der Waals surface area contributed by atoms with Crippen molar-refractivity contribution in [3.05, 3.63) is 60.3 Å². The van der Waals surface area contributed by atoms with E-state index >= 15 is 0 Å². The number of aryl methyl sites for hydroxylation is 1. The summed E-state index contributed by atoms with van der Waals surface area (Å²) in [5.74, 6) is 0.972. The van der Waals surface area contributed by atoms with E-state index in [4.69, 9.17) is 9.40 Å². The minimum absolute atomic E-state index is 0.0858. The molecule has 0 aliphatic heterocycles. The Balaban J connectivity index is 1.82. The first-order chi connectivity index (χ1) is 12.9. The van der Waals surface area contributed by atoms with Gasteiger partial charge in [-0.05, 0) is 70.2 Å². The second kappa shape index (κ2) is 5.43. The van der Waals surface area contributed by atoms with Crippen LogP contribution in [0.25, 0.3) is 44.5 Å². The Hall–Kier alpha value is -3.14. The number of fused-ring (bicyclic) bond motifs is 4. The minimum atomic E-state index is -0.0858. The molecule has 0 spiro atoms. The second-order valence-electron chi connectivity index (χ2n) is 8.05. The van der Waals surface area contributed by atoms with Gasteiger partial charge < -0.3 is 8.98 Å². The summed E-state index contributed by atoms with van der Waals surface area (Å²) in [6.07, 6.45) is 0. The molecule has 2 aromatic carbocycles. The number of nitrogens with zero attached hydrogens (tertiary/aromatic N) is 3. The predicted octanol–water partition coefficient (Wildman–Crippen LogP) is 6.06. The Morgan fingerprint density at radius 1 is 0.889 bits per heavy atom. The van der Waals surface area contributed by atoms with Gasteiger partial charge in [0.15, 0.2) is 0 Å². The SMILES string of the molecule is Cc1ccc2c(n1)oc1ccc(-c3nc4ccccc4n3C(C)(C)C)cc12. The highest BCUT2D eigenvalue weighted by atomic mass is 16.3. The second-order valence-corrected chi connectivity index (χ2v) is 8.05. The smallest absolute Gasteiger partial charge is 0.227 e. The molecule has 0 fully saturated rings. The van der Waals surface area contributed by atoms with Gasteiger partial charge in [-0.1, -0.05) is 12.1 Å². The van der Waals surface area contributed by atoms with Gasteiger partial charge in [0.05, 0.1) is 11.0 Å². The molecule has 3 heterocycles. The van der Waals surface area contributed by atoms with Crippen LogP contribution >= 0.6 is 0 Å². The molecule has 3 aromatic heterocycles. The Kier molecular flexibility index (Phi) is 3.23. The van der Waals surface area contributed by atoms with Crippen LogP contribution in [0.5, 0.6) is 0 Å². The average Bonchev–Trinajstić information content (AvgIpc) is 3.18. The summed E-state index contributed by atoms with van der Waals surface area (Å²) in [7, 11) is 0. The van der Waals surface area contributed by atoms with Gasteiger partial charge in [0.25, 0.3) is 0 Å². The molecular formula is C23H21N3O. The number of benzene rings is 2. The number of hydrogen-bond acceptors (Lipinski definition) is 3. The highest BCUT2D eigenvalue weighted by molar-refractivity contribution is 6.05. The molecule has 0 radical (unpaired) electrons. The van der Waals surface area contributed by atoms with Crippen LogP contribution < -0.4 is 0 Å². The van der Waals surface area contributed by atoms with Crippen LogP contribution in [0.15, 0.2) is 59.0 Å². The van der Waals surface area contributed by atoms with Crippen LogP contribution in [0.4, 0.5) is 0 Å². The number of hydrogen-bond donors (Lipinski definition) is 0. The van der Waals surface area contributed by atoms with Crippen LogP contribution in [-0.2, 0) is 5.54 Å². The van der Waals surface area contributed by atoms with Crippen molar-refractivity contribution < 1.29 is 4.42 Å². The molecule has 5 rings (SSSR count). The number of furan rings is 1. The van der Waals surface area contributed by atoms with Crippen molar-refractivity contribution in [3.8, 4) is 11.4 Å². The topological polar surface area (TPSA) is 43.9 Å². The number of para-hydroxylation sites is 2. The maximum absolute atomic E-state index is 5.94. The van der Waals surface area contributed by atoms with Crippen molar-refractivity contribution in [2.24, 2.45) is 0 Å². The van der Waals surface area contributed by atoms with Gasteiger partial charge in [0.2, 0.25) is 5.71 Å². The molecule has 4 nitrogen and oxygen atoms in total. The number of pyridine rings is 1. The maximum atomic E-state index is 5.94. The van der Waals surface area contributed by atoms with Crippen molar-refractivity contribution in [2.75, 3.05) is 0 Å². The van der Waals surface area contributed by atoms with E-state index in [9.17, 15) is 0 Å². The molecule has 0 N–H and O–H groups in total. The summed E-state index contributed by atoms with van der Waals surface area (Å²) in [5, 5.41) is 2.11. The standard InChI is InChI=1S/C23H21N3O/c1-14-9-11-16-17-13-15(10-12-20(17)27-22(16)24-14)21-25-18-7-5-6-8-19(18)26(21)23(2,3)4/h5-13H,1-4H3. The molecule has 27 heavy (non-hydrogen) atoms. The molecule has 134 valence electrons. The van der Waals surface area contributed by atoms with Gasteiger partial charge in [0, 0.05) is 27.6 Å². The third-order valence-corrected chi connectivity index (χ3v) is 4.97. The summed E-state index contributed by atoms with van der Waals surface area (Å²) >= 11 is 0. The van der Waals surface area contributed by atoms with Crippen LogP contribution in [0.2, 0.25) is 0 Å². The summed E-state index contributed by atoms with van der Waals surface area (Å²) in [6.45, 7) is 8.61. The zero-order valence-corrected chi connectivity index (χ0v) is 15.9. The van der Waals surface area contributed by atoms with Gasteiger partial charge in [-0.25, -0.2) is 9.97 Å². The number of rotatable bonds is 1. The third kappa shape index (κ3) is 2.44. The summed E-state index contributed by atoms with van der Waals surface area (Å²) in [5.41, 5.74) is 5.65. The third-order valence-electron chi connectivity index (χ3n) is 4.97. The van der Waals surface area contributed by atoms with Crippen molar-refractivity contribution in [1.29, 1.82) is 0 Å². The lowest BCUT2D eigenvalue weighted by Gasteiger charge is -2.24. The largest absolute Gasteiger partial charge is 0.438 e. The quantitative estimate of drug-likeness (QED) is 0.367. The predicted molar refractivity (Wildman–Crippen MR) is 110 cm³/mol. The highest BCUT2D eigenvalue weighted by Crippen LogP contribution is 2.35. The van der Waals surface area contributed by atoms with E-state index in [1.807, 2.05) is 25.1 Å². The lowest BCUT2D eigenvalue weighted by molar-refractivity contribution is 0.413. The summed E-state index contributed by atoms with van der Waals surface area (Å²) < 4.78 is 8.26. The van der Waals surface area contributed by atoms with E-state index in [-0.39, 0.29) is 5.54 Å². The van der Waals surface area contributed by atoms with E-state index in [1.54, 1.807) is 0 Å². The molecule has 0 bridgehead atoms. The lowest BCUT2D eigenvalue weighted by atomic mass is 10.1. The summed E-state index contributed by atoms with van der Waals surface area (Å²) in [4.78, 5) is 9.47. The fraction of sp³-hybridized carbons (Fsp3) is 0.217. The Morgan fingerprint density at radius 3 is 2.52 bits per heavy atom. The zero-order valence-electron chi connectivity index (χ0n) is 15.9. The van der Waals surface area contributed by atoms with E-state index in [2.05, 4.69) is 66.7 Å². The minimum Gasteiger partial charge on any atom is -0.438 e. The molecule has 4 heteroatoms. The van der Waals surface area contributed by atoms with Gasteiger partial charge in [0.1, 0.15) is 11.4 Å². The fourth-order valence-electron chi connectivity index (χ4n) is 3.79. The van der Waals surface area contributed by atoms with Crippen LogP contribution in [-0.4, -0.2) is 14.5 Å². The van der Waals surface area contributed by atoms with Crippen molar-refractivity contribution >= 4 is 33.1 Å². The van der Waals surface area contributed by atoms with Crippen LogP contribution in [0.1, 0.15) is 26.5 Å². The maximum Gasteiger partial charge on any atom is 0.227 e. The van der Waals surface area contributed by atoms with Crippen LogP contribution in [0, 0.1) is 6.92 Å². The fourth-order valence-corrected chi connectivity index (χ4v) is 3.79. The molecular weight excluding hydrogens is 334 g/mol. The van der Waals surface area contributed by atoms with E-state index < -0.39 is 0 Å². The van der Waals surface area contributed by atoms with Crippen molar-refractivity contribution in [2.45, 2.75) is 33.2 Å². The molecule has 0 saturated carbocycles. The number of imidazole rings is 1. The molecule has 0 amide bonds. The van der Waals surface area contributed by atoms with E-state index in [0.29, 0.717) is 5.71 Å². The number of aromatic nitrogens is 3. The highest BCUT2D eigenvalue weighted by Gasteiger charge is 2.22. The van der Waals surface area contributed by atoms with Gasteiger partial charge in [-0.3, -0.25) is 0 Å². The van der Waals surface area contributed by atoms with Gasteiger partial charge in [-0.15, -0.1) is 0 Å². The normalized spacial score (nSPS) is 12.4. The first-order valence-corrected chi connectivity index (χ1v) is 9.20. The molecule has 0 aliphatic carbocycles. The Bertz CT molecular complexity index is 1320. The van der Waals surface area contributed by atoms with Gasteiger partial charge in [-0.2, -0.15) is 0 Å². The molecule has 0 atom stereocenters. The lowest BCUT2D eigenvalue weighted by Crippen LogP contribution is -2.22. The van der Waals surface area contributed by atoms with Crippen LogP contribution in [0.3, 0.4) is 0 Å². The molecule has 0 unspecified atom stereocenters. The van der Waals surface area contributed by atoms with E-state index in [1.165, 1.54) is 0 Å². The Labute approximate surface area is 157 Å².